The molecular formula is C10H8ClN3O5S. The summed E-state index contributed by atoms with van der Waals surface area (Å²) in [6, 6.07) is 3.34. The van der Waals surface area contributed by atoms with E-state index in [9.17, 15) is 13.2 Å². The molecule has 2 aromatic rings. The monoisotopic (exact) mass is 317 g/mol. The average Bonchev–Trinajstić information content (AvgIpc) is 2.74. The molecule has 8 nitrogen and oxygen atoms in total. The number of hydrogen-bond donors (Lipinski definition) is 2. The van der Waals surface area contributed by atoms with Gasteiger partial charge in [0.05, 0.1) is 10.6 Å². The van der Waals surface area contributed by atoms with E-state index in [4.69, 9.17) is 16.7 Å². The molecule has 0 amide bonds. The lowest BCUT2D eigenvalue weighted by atomic mass is 10.2. The lowest BCUT2D eigenvalue weighted by molar-refractivity contribution is 0.0696. The second-order valence-electron chi connectivity index (χ2n) is 3.75. The number of nitrogens with one attached hydrogen (secondary N) is 1. The third-order valence-corrected chi connectivity index (χ3v) is 4.17. The van der Waals surface area contributed by atoms with Crippen molar-refractivity contribution in [3.8, 4) is 0 Å². The first-order valence-electron chi connectivity index (χ1n) is 5.16. The van der Waals surface area contributed by atoms with Gasteiger partial charge in [-0.15, -0.1) is 0 Å². The SMILES string of the molecule is Cc1nonc1NS(=O)(=O)c1cc(C(=O)O)ccc1Cl. The Labute approximate surface area is 118 Å². The Morgan fingerprint density at radius 2 is 2.10 bits per heavy atom. The molecule has 0 fully saturated rings. The van der Waals surface area contributed by atoms with Crippen molar-refractivity contribution in [1.29, 1.82) is 0 Å². The number of sulfonamides is 1. The number of hydrogen-bond acceptors (Lipinski definition) is 6. The molecule has 2 N–H and O–H groups in total. The Hall–Kier alpha value is -2.13. The molecule has 0 unspecified atom stereocenters. The number of halogens is 1. The number of aromatic nitrogens is 2. The maximum absolute atomic E-state index is 12.1. The second kappa shape index (κ2) is 5.10. The highest BCUT2D eigenvalue weighted by Crippen LogP contribution is 2.25. The smallest absolute Gasteiger partial charge is 0.335 e. The van der Waals surface area contributed by atoms with Crippen molar-refractivity contribution in [2.75, 3.05) is 4.72 Å². The van der Waals surface area contributed by atoms with E-state index < -0.39 is 16.0 Å². The number of carbonyl (C=O) groups is 1. The van der Waals surface area contributed by atoms with Gasteiger partial charge < -0.3 is 5.11 Å². The van der Waals surface area contributed by atoms with Crippen molar-refractivity contribution in [3.05, 3.63) is 34.5 Å². The van der Waals surface area contributed by atoms with E-state index >= 15 is 0 Å². The van der Waals surface area contributed by atoms with E-state index in [2.05, 4.69) is 19.7 Å². The predicted molar refractivity (Wildman–Crippen MR) is 68.3 cm³/mol. The molecule has 0 saturated heterocycles. The van der Waals surface area contributed by atoms with E-state index in [1.807, 2.05) is 0 Å². The number of carboxylic acid groups (broad SMARTS) is 1. The maximum Gasteiger partial charge on any atom is 0.335 e. The van der Waals surface area contributed by atoms with Gasteiger partial charge in [-0.3, -0.25) is 4.72 Å². The van der Waals surface area contributed by atoms with Crippen molar-refractivity contribution in [2.24, 2.45) is 0 Å². The summed E-state index contributed by atoms with van der Waals surface area (Å²) < 4.78 is 30.8. The number of aromatic carboxylic acids is 1. The molecule has 1 aromatic carbocycles. The third-order valence-electron chi connectivity index (χ3n) is 2.35. The van der Waals surface area contributed by atoms with Crippen LogP contribution in [0.25, 0.3) is 0 Å². The summed E-state index contributed by atoms with van der Waals surface area (Å²) in [6.07, 6.45) is 0. The summed E-state index contributed by atoms with van der Waals surface area (Å²) in [5, 5.41) is 15.6. The molecule has 1 heterocycles. The zero-order valence-electron chi connectivity index (χ0n) is 9.99. The van der Waals surface area contributed by atoms with Crippen molar-refractivity contribution in [1.82, 2.24) is 10.3 Å². The van der Waals surface area contributed by atoms with Crippen LogP contribution < -0.4 is 4.72 Å². The molecular weight excluding hydrogens is 310 g/mol. The van der Waals surface area contributed by atoms with E-state index in [0.717, 1.165) is 6.07 Å². The number of carboxylic acids is 1. The van der Waals surface area contributed by atoms with Crippen molar-refractivity contribution < 1.29 is 22.9 Å². The van der Waals surface area contributed by atoms with Gasteiger partial charge in [0.25, 0.3) is 10.0 Å². The molecule has 106 valence electrons. The van der Waals surface area contributed by atoms with Crippen LogP contribution in [0, 0.1) is 6.92 Å². The Morgan fingerprint density at radius 1 is 1.40 bits per heavy atom. The molecule has 0 aliphatic heterocycles. The molecule has 0 radical (unpaired) electrons. The van der Waals surface area contributed by atoms with Gasteiger partial charge in [0, 0.05) is 0 Å². The number of aryl methyl sites for hydroxylation is 1. The van der Waals surface area contributed by atoms with Crippen molar-refractivity contribution >= 4 is 33.4 Å². The van der Waals surface area contributed by atoms with Gasteiger partial charge >= 0.3 is 5.97 Å². The van der Waals surface area contributed by atoms with E-state index in [-0.39, 0.29) is 27.0 Å². The van der Waals surface area contributed by atoms with Crippen LogP contribution in [0.5, 0.6) is 0 Å². The van der Waals surface area contributed by atoms with Gasteiger partial charge in [0.1, 0.15) is 10.6 Å². The van der Waals surface area contributed by atoms with Crippen LogP contribution in [-0.2, 0) is 10.0 Å². The maximum atomic E-state index is 12.1. The molecule has 0 bridgehead atoms. The molecule has 20 heavy (non-hydrogen) atoms. The highest BCUT2D eigenvalue weighted by atomic mass is 35.5. The first kappa shape index (κ1) is 14.3. The van der Waals surface area contributed by atoms with Gasteiger partial charge in [0.2, 0.25) is 5.82 Å². The first-order chi connectivity index (χ1) is 9.31. The fourth-order valence-electron chi connectivity index (χ4n) is 1.35. The number of rotatable bonds is 4. The summed E-state index contributed by atoms with van der Waals surface area (Å²) in [6.45, 7) is 1.49. The van der Waals surface area contributed by atoms with Gasteiger partial charge in [0.15, 0.2) is 0 Å². The topological polar surface area (TPSA) is 122 Å². The standard InChI is InChI=1S/C10H8ClN3O5S/c1-5-9(13-19-12-5)14-20(17,18)8-4-6(10(15)16)2-3-7(8)11/h2-4H,1H3,(H,13,14)(H,15,16). The van der Waals surface area contributed by atoms with E-state index in [0.29, 0.717) is 0 Å². The Bertz CT molecular complexity index is 771. The largest absolute Gasteiger partial charge is 0.478 e. The summed E-state index contributed by atoms with van der Waals surface area (Å²) >= 11 is 5.79. The summed E-state index contributed by atoms with van der Waals surface area (Å²) in [4.78, 5) is 10.5. The zero-order valence-corrected chi connectivity index (χ0v) is 11.6. The van der Waals surface area contributed by atoms with Crippen LogP contribution >= 0.6 is 11.6 Å². The minimum Gasteiger partial charge on any atom is -0.478 e. The normalized spacial score (nSPS) is 11.3. The fraction of sp³-hybridized carbons (Fsp3) is 0.100. The summed E-state index contributed by atoms with van der Waals surface area (Å²) in [5.74, 6) is -1.36. The molecule has 0 saturated carbocycles. The van der Waals surface area contributed by atoms with Crippen LogP contribution in [0.1, 0.15) is 16.1 Å². The van der Waals surface area contributed by atoms with E-state index in [1.54, 1.807) is 0 Å². The zero-order chi connectivity index (χ0) is 14.9. The van der Waals surface area contributed by atoms with Crippen LogP contribution in [-0.4, -0.2) is 29.8 Å². The number of nitrogens with zero attached hydrogens (tertiary/aromatic N) is 2. The minimum absolute atomic E-state index is 0.0956. The quantitative estimate of drug-likeness (QED) is 0.876. The molecule has 0 aliphatic carbocycles. The molecule has 10 heteroatoms. The highest BCUT2D eigenvalue weighted by molar-refractivity contribution is 7.92. The van der Waals surface area contributed by atoms with Gasteiger partial charge in [-0.25, -0.2) is 17.8 Å². The molecule has 0 atom stereocenters. The van der Waals surface area contributed by atoms with Crippen LogP contribution in [0.4, 0.5) is 5.82 Å². The molecule has 1 aromatic heterocycles. The van der Waals surface area contributed by atoms with Crippen molar-refractivity contribution in [2.45, 2.75) is 11.8 Å². The summed E-state index contributed by atoms with van der Waals surface area (Å²) in [5.41, 5.74) is 0.0314. The third kappa shape index (κ3) is 2.73. The molecule has 0 spiro atoms. The van der Waals surface area contributed by atoms with Gasteiger partial charge in [-0.1, -0.05) is 16.8 Å². The Morgan fingerprint density at radius 3 is 2.65 bits per heavy atom. The number of benzene rings is 1. The van der Waals surface area contributed by atoms with Gasteiger partial charge in [-0.05, 0) is 30.3 Å². The Kier molecular flexibility index (Phi) is 3.64. The molecule has 0 aliphatic rings. The van der Waals surface area contributed by atoms with Gasteiger partial charge in [-0.2, -0.15) is 0 Å². The average molecular weight is 318 g/mol. The molecule has 2 rings (SSSR count). The lowest BCUT2D eigenvalue weighted by Gasteiger charge is -2.08. The first-order valence-corrected chi connectivity index (χ1v) is 7.02. The number of anilines is 1. The second-order valence-corrected chi connectivity index (χ2v) is 5.81. The summed E-state index contributed by atoms with van der Waals surface area (Å²) in [7, 11) is -4.10. The van der Waals surface area contributed by atoms with Crippen LogP contribution in [0.3, 0.4) is 0 Å². The van der Waals surface area contributed by atoms with E-state index in [1.165, 1.54) is 19.1 Å². The Balaban J connectivity index is 2.46. The minimum atomic E-state index is -4.10. The fourth-order valence-corrected chi connectivity index (χ4v) is 2.93. The predicted octanol–water partition coefficient (Wildman–Crippen LogP) is 1.53. The van der Waals surface area contributed by atoms with Crippen LogP contribution in [0.2, 0.25) is 5.02 Å². The van der Waals surface area contributed by atoms with Crippen LogP contribution in [0.15, 0.2) is 27.7 Å². The highest BCUT2D eigenvalue weighted by Gasteiger charge is 2.22. The lowest BCUT2D eigenvalue weighted by Crippen LogP contribution is -2.15. The van der Waals surface area contributed by atoms with Crippen molar-refractivity contribution in [3.63, 3.8) is 0 Å².